The molecule has 0 radical (unpaired) electrons. The largest absolute Gasteiger partial charge is 0.497 e. The number of hydrogen-bond donors (Lipinski definition) is 2. The van der Waals surface area contributed by atoms with E-state index in [-0.39, 0.29) is 0 Å². The third kappa shape index (κ3) is 6.04. The monoisotopic (exact) mass is 332 g/mol. The highest BCUT2D eigenvalue weighted by Gasteiger charge is 2.19. The number of ether oxygens (including phenoxy) is 1. The quantitative estimate of drug-likeness (QED) is 0.594. The number of benzene rings is 1. The summed E-state index contributed by atoms with van der Waals surface area (Å²) in [6, 6.07) is 8.77. The van der Waals surface area contributed by atoms with E-state index in [2.05, 4.69) is 39.6 Å². The van der Waals surface area contributed by atoms with Gasteiger partial charge in [-0.3, -0.25) is 4.99 Å². The van der Waals surface area contributed by atoms with Gasteiger partial charge in [0.05, 0.1) is 7.11 Å². The number of hydrogen-bond acceptors (Lipinski definition) is 3. The molecule has 0 spiro atoms. The molecule has 1 aromatic rings. The van der Waals surface area contributed by atoms with Gasteiger partial charge in [0.1, 0.15) is 5.75 Å². The summed E-state index contributed by atoms with van der Waals surface area (Å²) in [6.07, 6.45) is 4.60. The summed E-state index contributed by atoms with van der Waals surface area (Å²) in [4.78, 5) is 6.91. The van der Waals surface area contributed by atoms with Gasteiger partial charge in [-0.05, 0) is 49.9 Å². The molecule has 0 aliphatic carbocycles. The van der Waals surface area contributed by atoms with E-state index in [1.54, 1.807) is 7.11 Å². The predicted octanol–water partition coefficient (Wildman–Crippen LogP) is 2.28. The molecule has 24 heavy (non-hydrogen) atoms. The lowest BCUT2D eigenvalue weighted by Crippen LogP contribution is -2.49. The summed E-state index contributed by atoms with van der Waals surface area (Å²) in [5.41, 5.74) is 1.30. The van der Waals surface area contributed by atoms with Gasteiger partial charge in [0.15, 0.2) is 5.96 Å². The highest BCUT2D eigenvalue weighted by molar-refractivity contribution is 5.79. The fourth-order valence-corrected chi connectivity index (χ4v) is 3.12. The van der Waals surface area contributed by atoms with Crippen LogP contribution in [0.4, 0.5) is 0 Å². The Morgan fingerprint density at radius 1 is 1.25 bits per heavy atom. The van der Waals surface area contributed by atoms with Crippen molar-refractivity contribution in [3.8, 4) is 5.75 Å². The summed E-state index contributed by atoms with van der Waals surface area (Å²) in [5.74, 6) is 1.82. The molecule has 1 aromatic carbocycles. The molecule has 1 fully saturated rings. The Kier molecular flexibility index (Phi) is 7.89. The first-order valence-electron chi connectivity index (χ1n) is 9.07. The van der Waals surface area contributed by atoms with Crippen molar-refractivity contribution >= 4 is 5.96 Å². The van der Waals surface area contributed by atoms with E-state index in [1.165, 1.54) is 44.5 Å². The van der Waals surface area contributed by atoms with Gasteiger partial charge in [-0.1, -0.05) is 19.1 Å². The normalized spacial score (nSPS) is 16.9. The second kappa shape index (κ2) is 10.2. The van der Waals surface area contributed by atoms with Gasteiger partial charge in [0.2, 0.25) is 0 Å². The Hall–Kier alpha value is -1.75. The fourth-order valence-electron chi connectivity index (χ4n) is 3.12. The van der Waals surface area contributed by atoms with Crippen LogP contribution in [-0.4, -0.2) is 57.2 Å². The van der Waals surface area contributed by atoms with Crippen LogP contribution in [0.3, 0.4) is 0 Å². The number of aliphatic imine (C=N–C) groups is 1. The lowest BCUT2D eigenvalue weighted by Gasteiger charge is -2.32. The maximum atomic E-state index is 5.19. The van der Waals surface area contributed by atoms with Gasteiger partial charge in [-0.15, -0.1) is 0 Å². The summed E-state index contributed by atoms with van der Waals surface area (Å²) < 4.78 is 5.19. The first-order valence-corrected chi connectivity index (χ1v) is 9.07. The number of likely N-dealkylation sites (tertiary alicyclic amines) is 1. The van der Waals surface area contributed by atoms with Gasteiger partial charge in [0.25, 0.3) is 0 Å². The molecular weight excluding hydrogens is 300 g/mol. The van der Waals surface area contributed by atoms with E-state index in [4.69, 9.17) is 4.74 Å². The number of methoxy groups -OCH3 is 1. The van der Waals surface area contributed by atoms with Crippen LogP contribution >= 0.6 is 0 Å². The third-order valence-electron chi connectivity index (χ3n) is 4.56. The first kappa shape index (κ1) is 18.6. The molecule has 1 saturated heterocycles. The average Bonchev–Trinajstić information content (AvgIpc) is 2.63. The summed E-state index contributed by atoms with van der Waals surface area (Å²) in [6.45, 7) is 6.73. The second-order valence-electron chi connectivity index (χ2n) is 6.36. The maximum Gasteiger partial charge on any atom is 0.191 e. The van der Waals surface area contributed by atoms with Crippen molar-refractivity contribution in [3.63, 3.8) is 0 Å². The van der Waals surface area contributed by atoms with Crippen molar-refractivity contribution in [1.82, 2.24) is 15.5 Å². The molecule has 134 valence electrons. The van der Waals surface area contributed by atoms with Gasteiger partial charge < -0.3 is 20.3 Å². The Morgan fingerprint density at radius 3 is 2.54 bits per heavy atom. The molecule has 5 nitrogen and oxygen atoms in total. The Balaban J connectivity index is 1.69. The van der Waals surface area contributed by atoms with Crippen molar-refractivity contribution in [3.05, 3.63) is 29.8 Å². The molecule has 0 atom stereocenters. The minimum Gasteiger partial charge on any atom is -0.497 e. The van der Waals surface area contributed by atoms with E-state index < -0.39 is 0 Å². The molecule has 1 aliphatic rings. The van der Waals surface area contributed by atoms with Crippen LogP contribution in [0.5, 0.6) is 5.75 Å². The zero-order valence-electron chi connectivity index (χ0n) is 15.3. The van der Waals surface area contributed by atoms with Gasteiger partial charge in [-0.25, -0.2) is 0 Å². The van der Waals surface area contributed by atoms with E-state index in [9.17, 15) is 0 Å². The van der Waals surface area contributed by atoms with Crippen molar-refractivity contribution in [1.29, 1.82) is 0 Å². The topological polar surface area (TPSA) is 48.9 Å². The van der Waals surface area contributed by atoms with Crippen LogP contribution in [0, 0.1) is 0 Å². The van der Waals surface area contributed by atoms with Crippen LogP contribution in [0.15, 0.2) is 29.3 Å². The highest BCUT2D eigenvalue weighted by atomic mass is 16.5. The zero-order valence-corrected chi connectivity index (χ0v) is 15.3. The first-order chi connectivity index (χ1) is 11.7. The number of piperidine rings is 1. The summed E-state index contributed by atoms with van der Waals surface area (Å²) in [5, 5.41) is 6.99. The predicted molar refractivity (Wildman–Crippen MR) is 101 cm³/mol. The molecule has 1 aliphatic heterocycles. The van der Waals surface area contributed by atoms with E-state index >= 15 is 0 Å². The van der Waals surface area contributed by atoms with Crippen molar-refractivity contribution in [2.75, 3.05) is 40.3 Å². The van der Waals surface area contributed by atoms with Crippen LogP contribution in [0.1, 0.15) is 31.7 Å². The molecule has 2 N–H and O–H groups in total. The van der Waals surface area contributed by atoms with E-state index in [0.717, 1.165) is 24.7 Å². The molecule has 1 heterocycles. The van der Waals surface area contributed by atoms with Crippen LogP contribution in [-0.2, 0) is 6.42 Å². The molecule has 0 amide bonds. The lowest BCUT2D eigenvalue weighted by atomic mass is 10.1. The van der Waals surface area contributed by atoms with E-state index in [0.29, 0.717) is 6.04 Å². The Bertz CT molecular complexity index is 493. The zero-order chi connectivity index (χ0) is 17.2. The fraction of sp³-hybridized carbons (Fsp3) is 0.632. The van der Waals surface area contributed by atoms with E-state index in [1.807, 2.05) is 19.2 Å². The van der Waals surface area contributed by atoms with Gasteiger partial charge in [-0.2, -0.15) is 0 Å². The van der Waals surface area contributed by atoms with Crippen molar-refractivity contribution in [2.24, 2.45) is 4.99 Å². The lowest BCUT2D eigenvalue weighted by molar-refractivity contribution is 0.206. The number of guanidine groups is 1. The molecule has 0 bridgehead atoms. The highest BCUT2D eigenvalue weighted by Crippen LogP contribution is 2.12. The van der Waals surface area contributed by atoms with Gasteiger partial charge in [0, 0.05) is 32.7 Å². The minimum atomic E-state index is 0.533. The summed E-state index contributed by atoms with van der Waals surface area (Å²) in [7, 11) is 3.54. The van der Waals surface area contributed by atoms with Gasteiger partial charge >= 0.3 is 0 Å². The maximum absolute atomic E-state index is 5.19. The van der Waals surface area contributed by atoms with Crippen LogP contribution < -0.4 is 15.4 Å². The van der Waals surface area contributed by atoms with Crippen molar-refractivity contribution in [2.45, 2.75) is 38.6 Å². The number of nitrogens with one attached hydrogen (secondary N) is 2. The Morgan fingerprint density at radius 2 is 1.96 bits per heavy atom. The smallest absolute Gasteiger partial charge is 0.191 e. The second-order valence-corrected chi connectivity index (χ2v) is 6.36. The molecule has 0 unspecified atom stereocenters. The SMILES string of the molecule is CCCN1CCC(NC(=NC)NCCc2ccc(OC)cc2)CC1. The molecule has 2 rings (SSSR count). The number of nitrogens with zero attached hydrogens (tertiary/aromatic N) is 2. The Labute approximate surface area is 146 Å². The minimum absolute atomic E-state index is 0.533. The molecule has 5 heteroatoms. The molecule has 0 aromatic heterocycles. The molecular formula is C19H32N4O. The number of rotatable bonds is 7. The third-order valence-corrected chi connectivity index (χ3v) is 4.56. The summed E-state index contributed by atoms with van der Waals surface area (Å²) >= 11 is 0. The van der Waals surface area contributed by atoms with Crippen molar-refractivity contribution < 1.29 is 4.74 Å². The standard InChI is InChI=1S/C19H32N4O/c1-4-13-23-14-10-17(11-15-23)22-19(20-2)21-12-9-16-5-7-18(24-3)8-6-16/h5-8,17H,4,9-15H2,1-3H3,(H2,20,21,22). The van der Waals surface area contributed by atoms with Crippen LogP contribution in [0.25, 0.3) is 0 Å². The average molecular weight is 332 g/mol. The van der Waals surface area contributed by atoms with Crippen LogP contribution in [0.2, 0.25) is 0 Å². The molecule has 0 saturated carbocycles.